The van der Waals surface area contributed by atoms with Crippen molar-refractivity contribution in [3.05, 3.63) is 134 Å². The average molecular weight is 1140 g/mol. The van der Waals surface area contributed by atoms with E-state index in [2.05, 4.69) is 154 Å². The topological polar surface area (TPSA) is 78.9 Å². The van der Waals surface area contributed by atoms with Crippen molar-refractivity contribution in [3.8, 4) is 0 Å². The molecule has 0 radical (unpaired) electrons. The Kier molecular flexibility index (Phi) is 65.3. The van der Waals surface area contributed by atoms with E-state index >= 15 is 0 Å². The molecule has 0 aromatic rings. The molecule has 0 aliphatic carbocycles. The van der Waals surface area contributed by atoms with Crippen LogP contribution in [0, 0.1) is 0 Å². The van der Waals surface area contributed by atoms with Gasteiger partial charge in [-0.1, -0.05) is 296 Å². The van der Waals surface area contributed by atoms with E-state index in [1.54, 1.807) is 0 Å². The zero-order valence-corrected chi connectivity index (χ0v) is 53.5. The van der Waals surface area contributed by atoms with E-state index in [0.29, 0.717) is 19.3 Å². The molecule has 0 bridgehead atoms. The van der Waals surface area contributed by atoms with Crippen LogP contribution in [0.25, 0.3) is 0 Å². The largest absolute Gasteiger partial charge is 0.462 e. The zero-order chi connectivity index (χ0) is 59.2. The van der Waals surface area contributed by atoms with Crippen molar-refractivity contribution >= 4 is 17.9 Å². The smallest absolute Gasteiger partial charge is 0.306 e. The highest BCUT2D eigenvalue weighted by molar-refractivity contribution is 5.71. The van der Waals surface area contributed by atoms with E-state index in [0.717, 1.165) is 141 Å². The summed E-state index contributed by atoms with van der Waals surface area (Å²) >= 11 is 0. The summed E-state index contributed by atoms with van der Waals surface area (Å²) in [5.41, 5.74) is 0. The predicted molar refractivity (Wildman–Crippen MR) is 357 cm³/mol. The van der Waals surface area contributed by atoms with Gasteiger partial charge < -0.3 is 14.2 Å². The van der Waals surface area contributed by atoms with E-state index < -0.39 is 6.10 Å². The molecule has 1 unspecified atom stereocenters. The van der Waals surface area contributed by atoms with Gasteiger partial charge in [0.25, 0.3) is 0 Å². The fourth-order valence-corrected chi connectivity index (χ4v) is 9.32. The van der Waals surface area contributed by atoms with Crippen LogP contribution in [0.3, 0.4) is 0 Å². The Morgan fingerprint density at radius 2 is 0.476 bits per heavy atom. The summed E-state index contributed by atoms with van der Waals surface area (Å²) in [6.45, 7) is 6.36. The van der Waals surface area contributed by atoms with Gasteiger partial charge in [0.05, 0.1) is 0 Å². The molecule has 0 N–H and O–H groups in total. The SMILES string of the molecule is CC/C=C\C/C=C\C/C=C\C/C=C\C/C=C\C/C=C\CCCCCCCCCCCCCCC(=O)OCC(COC(=O)CCCCCCC/C=C\CCC)OC(=O)CCCCCCCCCCCC/C=C\C/C=C\C/C=C\C/C=C\CC. The Morgan fingerprint density at radius 1 is 0.256 bits per heavy atom. The molecule has 1 atom stereocenters. The molecule has 0 aromatic heterocycles. The van der Waals surface area contributed by atoms with Gasteiger partial charge in [0.1, 0.15) is 13.2 Å². The lowest BCUT2D eigenvalue weighted by Crippen LogP contribution is -2.30. The first kappa shape index (κ1) is 77.5. The van der Waals surface area contributed by atoms with Crippen molar-refractivity contribution in [1.82, 2.24) is 0 Å². The van der Waals surface area contributed by atoms with Crippen LogP contribution in [-0.4, -0.2) is 37.2 Å². The van der Waals surface area contributed by atoms with Crippen LogP contribution in [0.15, 0.2) is 134 Å². The summed E-state index contributed by atoms with van der Waals surface area (Å²) in [4.78, 5) is 38.3. The summed E-state index contributed by atoms with van der Waals surface area (Å²) in [5.74, 6) is -0.896. The summed E-state index contributed by atoms with van der Waals surface area (Å²) in [5, 5.41) is 0. The number of ether oxygens (including phenoxy) is 3. The second-order valence-corrected chi connectivity index (χ2v) is 22.3. The summed E-state index contributed by atoms with van der Waals surface area (Å²) in [6, 6.07) is 0. The second kappa shape index (κ2) is 69.0. The molecule has 466 valence electrons. The molecule has 0 heterocycles. The molecule has 0 aliphatic heterocycles. The van der Waals surface area contributed by atoms with E-state index in [1.807, 2.05) is 0 Å². The first-order valence-corrected chi connectivity index (χ1v) is 34.2. The Bertz CT molecular complexity index is 1730. The van der Waals surface area contributed by atoms with Crippen LogP contribution in [0.4, 0.5) is 0 Å². The number of carbonyl (C=O) groups is 3. The molecule has 6 nitrogen and oxygen atoms in total. The Balaban J connectivity index is 4.22. The first-order valence-electron chi connectivity index (χ1n) is 34.2. The van der Waals surface area contributed by atoms with Gasteiger partial charge in [-0.25, -0.2) is 0 Å². The maximum atomic E-state index is 12.9. The number of unbranched alkanes of at least 4 members (excludes halogenated alkanes) is 28. The van der Waals surface area contributed by atoms with Crippen molar-refractivity contribution < 1.29 is 28.6 Å². The van der Waals surface area contributed by atoms with E-state index in [4.69, 9.17) is 14.2 Å². The van der Waals surface area contributed by atoms with Gasteiger partial charge in [-0.3, -0.25) is 14.4 Å². The van der Waals surface area contributed by atoms with Gasteiger partial charge in [-0.15, -0.1) is 0 Å². The van der Waals surface area contributed by atoms with E-state index in [-0.39, 0.29) is 31.1 Å². The highest BCUT2D eigenvalue weighted by atomic mass is 16.6. The third kappa shape index (κ3) is 66.4. The highest BCUT2D eigenvalue weighted by Gasteiger charge is 2.19. The molecule has 0 spiro atoms. The van der Waals surface area contributed by atoms with Crippen molar-refractivity contribution in [3.63, 3.8) is 0 Å². The molecular formula is C76H126O6. The standard InChI is InChI=1S/C76H126O6/c1-4-7-10-13-16-19-22-24-26-28-30-32-34-35-36-37-38-39-40-41-43-44-46-48-50-52-54-57-60-63-66-69-75(78)81-72-73(71-80-74(77)68-65-62-59-56-21-18-15-12-9-6-3)82-76(79)70-67-64-61-58-55-53-51-49-47-45-42-33-31-29-27-25-23-20-17-14-11-8-5-2/h7-8,10-12,15-17,19-20,24-27,30-33,35-36,38-39,73H,4-6,9,13-14,18,21-23,28-29,34,37,40-72H2,1-3H3/b10-7-,11-8-,15-12-,19-16-,20-17-,26-24-,27-25-,32-30-,33-31-,36-35-,39-38-. The van der Waals surface area contributed by atoms with Crippen LogP contribution in [0.1, 0.15) is 310 Å². The monoisotopic (exact) mass is 1130 g/mol. The summed E-state index contributed by atoms with van der Waals surface area (Å²) < 4.78 is 16.9. The predicted octanol–water partition coefficient (Wildman–Crippen LogP) is 23.7. The summed E-state index contributed by atoms with van der Waals surface area (Å²) in [7, 11) is 0. The summed E-state index contributed by atoms with van der Waals surface area (Å²) in [6.07, 6.45) is 97.6. The van der Waals surface area contributed by atoms with E-state index in [1.165, 1.54) is 128 Å². The lowest BCUT2D eigenvalue weighted by atomic mass is 10.0. The molecule has 6 heteroatoms. The van der Waals surface area contributed by atoms with Gasteiger partial charge in [-0.05, 0) is 128 Å². The number of allylic oxidation sites excluding steroid dienone is 22. The van der Waals surface area contributed by atoms with Gasteiger partial charge >= 0.3 is 17.9 Å². The second-order valence-electron chi connectivity index (χ2n) is 22.3. The van der Waals surface area contributed by atoms with Crippen LogP contribution in [-0.2, 0) is 28.6 Å². The third-order valence-electron chi connectivity index (χ3n) is 14.4. The Morgan fingerprint density at radius 3 is 0.756 bits per heavy atom. The van der Waals surface area contributed by atoms with Gasteiger partial charge in [0.15, 0.2) is 6.10 Å². The average Bonchev–Trinajstić information content (AvgIpc) is 3.47. The van der Waals surface area contributed by atoms with Crippen molar-refractivity contribution in [1.29, 1.82) is 0 Å². The fraction of sp³-hybridized carbons (Fsp3) is 0.671. The number of carbonyl (C=O) groups excluding carboxylic acids is 3. The molecule has 0 rings (SSSR count). The quantitative estimate of drug-likeness (QED) is 0.0261. The van der Waals surface area contributed by atoms with Crippen molar-refractivity contribution in [2.45, 2.75) is 316 Å². The molecule has 0 saturated carbocycles. The Labute approximate surface area is 506 Å². The molecule has 0 aliphatic rings. The maximum absolute atomic E-state index is 12.9. The zero-order valence-electron chi connectivity index (χ0n) is 53.5. The van der Waals surface area contributed by atoms with Gasteiger partial charge in [-0.2, -0.15) is 0 Å². The maximum Gasteiger partial charge on any atom is 0.306 e. The van der Waals surface area contributed by atoms with Crippen LogP contribution >= 0.6 is 0 Å². The molecule has 0 aromatic carbocycles. The molecule has 0 fully saturated rings. The minimum absolute atomic E-state index is 0.0849. The minimum atomic E-state index is -0.788. The molecule has 0 saturated heterocycles. The molecule has 0 amide bonds. The van der Waals surface area contributed by atoms with Crippen molar-refractivity contribution in [2.75, 3.05) is 13.2 Å². The van der Waals surface area contributed by atoms with Crippen LogP contribution < -0.4 is 0 Å². The van der Waals surface area contributed by atoms with Gasteiger partial charge in [0.2, 0.25) is 0 Å². The lowest BCUT2D eigenvalue weighted by molar-refractivity contribution is -0.167. The molecule has 82 heavy (non-hydrogen) atoms. The third-order valence-corrected chi connectivity index (χ3v) is 14.4. The normalized spacial score (nSPS) is 13.0. The number of rotatable bonds is 61. The number of hydrogen-bond acceptors (Lipinski definition) is 6. The van der Waals surface area contributed by atoms with E-state index in [9.17, 15) is 14.4 Å². The minimum Gasteiger partial charge on any atom is -0.462 e. The van der Waals surface area contributed by atoms with Crippen LogP contribution in [0.5, 0.6) is 0 Å². The fourth-order valence-electron chi connectivity index (χ4n) is 9.32. The van der Waals surface area contributed by atoms with Crippen molar-refractivity contribution in [2.24, 2.45) is 0 Å². The number of esters is 3. The van der Waals surface area contributed by atoms with Gasteiger partial charge in [0, 0.05) is 19.3 Å². The van der Waals surface area contributed by atoms with Crippen LogP contribution in [0.2, 0.25) is 0 Å². The first-order chi connectivity index (χ1) is 40.5. The lowest BCUT2D eigenvalue weighted by Gasteiger charge is -2.18. The number of hydrogen-bond donors (Lipinski definition) is 0. The highest BCUT2D eigenvalue weighted by Crippen LogP contribution is 2.16. The molecular weight excluding hydrogens is 1010 g/mol. The Hall–Kier alpha value is -4.45.